The van der Waals surface area contributed by atoms with Gasteiger partial charge in [-0.2, -0.15) is 0 Å². The van der Waals surface area contributed by atoms with E-state index in [0.29, 0.717) is 12.1 Å². The molecule has 2 fully saturated rings. The summed E-state index contributed by atoms with van der Waals surface area (Å²) < 4.78 is 0. The predicted molar refractivity (Wildman–Crippen MR) is 74.8 cm³/mol. The molecule has 0 aromatic heterocycles. The summed E-state index contributed by atoms with van der Waals surface area (Å²) in [5.74, 6) is 0. The number of aliphatic hydroxyl groups is 1. The fourth-order valence-corrected chi connectivity index (χ4v) is 2.70. The van der Waals surface area contributed by atoms with Crippen molar-refractivity contribution < 1.29 is 5.11 Å². The Morgan fingerprint density at radius 3 is 2.39 bits per heavy atom. The normalized spacial score (nSPS) is 26.2. The molecular weight excluding hydrogens is 226 g/mol. The molecule has 0 radical (unpaired) electrons. The molecule has 2 N–H and O–H groups in total. The maximum Gasteiger partial charge on any atom is 0.0597 e. The van der Waals surface area contributed by atoms with E-state index >= 15 is 0 Å². The molecule has 106 valence electrons. The van der Waals surface area contributed by atoms with Gasteiger partial charge in [0.2, 0.25) is 0 Å². The van der Waals surface area contributed by atoms with E-state index in [9.17, 15) is 5.11 Å². The largest absolute Gasteiger partial charge is 0.395 e. The van der Waals surface area contributed by atoms with Crippen molar-refractivity contribution in [3.05, 3.63) is 0 Å². The zero-order chi connectivity index (χ0) is 13.0. The average Bonchev–Trinajstić information content (AvgIpc) is 3.22. The summed E-state index contributed by atoms with van der Waals surface area (Å²) in [5, 5.41) is 12.9. The van der Waals surface area contributed by atoms with Gasteiger partial charge < -0.3 is 10.4 Å². The molecule has 0 aromatic carbocycles. The Morgan fingerprint density at radius 1 is 1.22 bits per heavy atom. The van der Waals surface area contributed by atoms with Crippen molar-refractivity contribution in [3.8, 4) is 0 Å². The molecule has 0 spiro atoms. The van der Waals surface area contributed by atoms with Gasteiger partial charge >= 0.3 is 0 Å². The standard InChI is InChI=1S/C14H29N3O/c1-3-12(2)17-8-6-16(7-9-17)10-14(11-18)15-13-4-5-13/h12-15,18H,3-11H2,1-2H3. The van der Waals surface area contributed by atoms with Crippen LogP contribution in [-0.2, 0) is 0 Å². The van der Waals surface area contributed by atoms with Crippen molar-refractivity contribution in [1.29, 1.82) is 0 Å². The first-order valence-electron chi connectivity index (χ1n) is 7.56. The summed E-state index contributed by atoms with van der Waals surface area (Å²) >= 11 is 0. The lowest BCUT2D eigenvalue weighted by molar-refractivity contribution is 0.0858. The average molecular weight is 255 g/mol. The molecule has 0 amide bonds. The Kier molecular flexibility index (Phi) is 5.42. The van der Waals surface area contributed by atoms with Crippen LogP contribution in [0.4, 0.5) is 0 Å². The van der Waals surface area contributed by atoms with Gasteiger partial charge in [0.15, 0.2) is 0 Å². The van der Waals surface area contributed by atoms with Gasteiger partial charge in [0.1, 0.15) is 0 Å². The summed E-state index contributed by atoms with van der Waals surface area (Å²) in [7, 11) is 0. The zero-order valence-corrected chi connectivity index (χ0v) is 11.9. The Labute approximate surface area is 111 Å². The summed E-state index contributed by atoms with van der Waals surface area (Å²) in [5.41, 5.74) is 0. The van der Waals surface area contributed by atoms with Gasteiger partial charge in [-0.15, -0.1) is 0 Å². The van der Waals surface area contributed by atoms with Crippen LogP contribution in [0, 0.1) is 0 Å². The summed E-state index contributed by atoms with van der Waals surface area (Å²) in [6.07, 6.45) is 3.82. The van der Waals surface area contributed by atoms with Crippen molar-refractivity contribution in [2.24, 2.45) is 0 Å². The van der Waals surface area contributed by atoms with Gasteiger partial charge in [0, 0.05) is 50.8 Å². The predicted octanol–water partition coefficient (Wildman–Crippen LogP) is 0.515. The number of rotatable bonds is 7. The molecule has 1 aliphatic carbocycles. The molecular formula is C14H29N3O. The van der Waals surface area contributed by atoms with Crippen LogP contribution in [0.5, 0.6) is 0 Å². The maximum atomic E-state index is 9.41. The van der Waals surface area contributed by atoms with Gasteiger partial charge in [-0.1, -0.05) is 6.92 Å². The molecule has 1 aliphatic heterocycles. The smallest absolute Gasteiger partial charge is 0.0597 e. The van der Waals surface area contributed by atoms with Crippen molar-refractivity contribution in [1.82, 2.24) is 15.1 Å². The SMILES string of the molecule is CCC(C)N1CCN(CC(CO)NC2CC2)CC1. The second-order valence-electron chi connectivity index (χ2n) is 5.91. The van der Waals surface area contributed by atoms with E-state index in [4.69, 9.17) is 0 Å². The molecule has 2 atom stereocenters. The van der Waals surface area contributed by atoms with Crippen molar-refractivity contribution in [2.45, 2.75) is 51.2 Å². The highest BCUT2D eigenvalue weighted by Crippen LogP contribution is 2.19. The molecule has 2 unspecified atom stereocenters. The molecule has 4 heteroatoms. The number of hydrogen-bond donors (Lipinski definition) is 2. The van der Waals surface area contributed by atoms with Crippen LogP contribution in [0.2, 0.25) is 0 Å². The zero-order valence-electron chi connectivity index (χ0n) is 11.9. The Bertz CT molecular complexity index is 237. The van der Waals surface area contributed by atoms with Crippen LogP contribution in [-0.4, -0.2) is 72.4 Å². The van der Waals surface area contributed by atoms with Gasteiger partial charge in [0.25, 0.3) is 0 Å². The van der Waals surface area contributed by atoms with Crippen LogP contribution in [0.3, 0.4) is 0 Å². The fraction of sp³-hybridized carbons (Fsp3) is 1.00. The third-order valence-electron chi connectivity index (χ3n) is 4.37. The third-order valence-corrected chi connectivity index (χ3v) is 4.37. The molecule has 0 aromatic rings. The monoisotopic (exact) mass is 255 g/mol. The quantitative estimate of drug-likeness (QED) is 0.695. The van der Waals surface area contributed by atoms with Crippen molar-refractivity contribution in [2.75, 3.05) is 39.3 Å². The second kappa shape index (κ2) is 6.85. The first-order valence-corrected chi connectivity index (χ1v) is 7.56. The number of piperazine rings is 1. The van der Waals surface area contributed by atoms with Crippen LogP contribution >= 0.6 is 0 Å². The van der Waals surface area contributed by atoms with Gasteiger partial charge in [-0.25, -0.2) is 0 Å². The molecule has 1 saturated heterocycles. The number of nitrogens with zero attached hydrogens (tertiary/aromatic N) is 2. The third kappa shape index (κ3) is 4.19. The molecule has 18 heavy (non-hydrogen) atoms. The van der Waals surface area contributed by atoms with Crippen LogP contribution in [0.15, 0.2) is 0 Å². The van der Waals surface area contributed by atoms with Crippen molar-refractivity contribution in [3.63, 3.8) is 0 Å². The lowest BCUT2D eigenvalue weighted by Crippen LogP contribution is -2.53. The molecule has 2 aliphatic rings. The minimum Gasteiger partial charge on any atom is -0.395 e. The van der Waals surface area contributed by atoms with E-state index in [1.807, 2.05) is 0 Å². The fourth-order valence-electron chi connectivity index (χ4n) is 2.70. The van der Waals surface area contributed by atoms with Crippen LogP contribution < -0.4 is 5.32 Å². The van der Waals surface area contributed by atoms with Crippen molar-refractivity contribution >= 4 is 0 Å². The van der Waals surface area contributed by atoms with E-state index in [0.717, 1.165) is 19.6 Å². The minimum atomic E-state index is 0.266. The second-order valence-corrected chi connectivity index (χ2v) is 5.91. The van der Waals surface area contributed by atoms with Gasteiger partial charge in [-0.05, 0) is 26.2 Å². The minimum absolute atomic E-state index is 0.266. The Morgan fingerprint density at radius 2 is 1.89 bits per heavy atom. The molecule has 0 bridgehead atoms. The number of nitrogens with one attached hydrogen (secondary N) is 1. The molecule has 4 nitrogen and oxygen atoms in total. The van der Waals surface area contributed by atoms with E-state index in [1.165, 1.54) is 32.4 Å². The van der Waals surface area contributed by atoms with E-state index in [1.54, 1.807) is 0 Å². The van der Waals surface area contributed by atoms with Crippen LogP contribution in [0.25, 0.3) is 0 Å². The lowest BCUT2D eigenvalue weighted by Gasteiger charge is -2.39. The molecule has 1 saturated carbocycles. The number of hydrogen-bond acceptors (Lipinski definition) is 4. The van der Waals surface area contributed by atoms with E-state index in [2.05, 4.69) is 29.0 Å². The highest BCUT2D eigenvalue weighted by atomic mass is 16.3. The Balaban J connectivity index is 1.68. The number of aliphatic hydroxyl groups excluding tert-OH is 1. The van der Waals surface area contributed by atoms with E-state index < -0.39 is 0 Å². The maximum absolute atomic E-state index is 9.41. The van der Waals surface area contributed by atoms with Gasteiger partial charge in [0.05, 0.1) is 6.61 Å². The first-order chi connectivity index (χ1) is 8.72. The summed E-state index contributed by atoms with van der Waals surface area (Å²) in [6.45, 7) is 10.5. The van der Waals surface area contributed by atoms with Crippen LogP contribution in [0.1, 0.15) is 33.1 Å². The molecule has 1 heterocycles. The first kappa shape index (κ1) is 14.3. The summed E-state index contributed by atoms with van der Waals surface area (Å²) in [4.78, 5) is 5.08. The highest BCUT2D eigenvalue weighted by Gasteiger charge is 2.26. The Hall–Kier alpha value is -0.160. The van der Waals surface area contributed by atoms with Gasteiger partial charge in [-0.3, -0.25) is 9.80 Å². The topological polar surface area (TPSA) is 38.7 Å². The highest BCUT2D eigenvalue weighted by molar-refractivity contribution is 4.87. The summed E-state index contributed by atoms with van der Waals surface area (Å²) in [6, 6.07) is 1.67. The van der Waals surface area contributed by atoms with E-state index in [-0.39, 0.29) is 12.6 Å². The lowest BCUT2D eigenvalue weighted by atomic mass is 10.1. The molecule has 2 rings (SSSR count).